The standard InChI is InChI=1S/C18H13N3O2S/c1-24-18-20-16(14(10-19)17(23)21-18)12-8-6-11(7-9-12)13-4-2-3-5-15(13)22/h2-9,22H,1H3,(H,20,21,23). The second-order valence-electron chi connectivity index (χ2n) is 5.01. The Hall–Kier alpha value is -3.04. The lowest BCUT2D eigenvalue weighted by molar-refractivity contribution is 0.477. The van der Waals surface area contributed by atoms with Gasteiger partial charge in [0.2, 0.25) is 0 Å². The summed E-state index contributed by atoms with van der Waals surface area (Å²) < 4.78 is 0. The van der Waals surface area contributed by atoms with E-state index in [9.17, 15) is 15.2 Å². The van der Waals surface area contributed by atoms with E-state index in [-0.39, 0.29) is 11.3 Å². The fourth-order valence-electron chi connectivity index (χ4n) is 2.39. The van der Waals surface area contributed by atoms with Crippen molar-refractivity contribution in [2.24, 2.45) is 0 Å². The molecule has 0 aliphatic carbocycles. The van der Waals surface area contributed by atoms with Crippen LogP contribution >= 0.6 is 11.8 Å². The Morgan fingerprint density at radius 2 is 1.79 bits per heavy atom. The minimum absolute atomic E-state index is 0.0110. The monoisotopic (exact) mass is 335 g/mol. The third-order valence-corrected chi connectivity index (χ3v) is 4.16. The Labute approximate surface area is 142 Å². The van der Waals surface area contributed by atoms with Gasteiger partial charge in [0.05, 0.1) is 5.69 Å². The van der Waals surface area contributed by atoms with Gasteiger partial charge in [0, 0.05) is 11.1 Å². The van der Waals surface area contributed by atoms with Crippen LogP contribution in [0.15, 0.2) is 58.5 Å². The Morgan fingerprint density at radius 1 is 1.12 bits per heavy atom. The van der Waals surface area contributed by atoms with Gasteiger partial charge in [-0.2, -0.15) is 5.26 Å². The van der Waals surface area contributed by atoms with Crippen LogP contribution in [0.4, 0.5) is 0 Å². The lowest BCUT2D eigenvalue weighted by Gasteiger charge is -2.08. The quantitative estimate of drug-likeness (QED) is 0.565. The third kappa shape index (κ3) is 2.90. The average Bonchev–Trinajstić information content (AvgIpc) is 2.61. The van der Waals surface area contributed by atoms with Gasteiger partial charge in [-0.25, -0.2) is 4.98 Å². The predicted molar refractivity (Wildman–Crippen MR) is 93.9 cm³/mol. The molecule has 0 saturated heterocycles. The highest BCUT2D eigenvalue weighted by Crippen LogP contribution is 2.30. The first kappa shape index (κ1) is 15.8. The molecule has 1 heterocycles. The number of hydrogen-bond acceptors (Lipinski definition) is 5. The lowest BCUT2D eigenvalue weighted by atomic mass is 10.0. The zero-order valence-corrected chi connectivity index (χ0v) is 13.6. The van der Waals surface area contributed by atoms with E-state index >= 15 is 0 Å². The topological polar surface area (TPSA) is 89.8 Å². The molecule has 0 amide bonds. The van der Waals surface area contributed by atoms with Gasteiger partial charge in [-0.15, -0.1) is 0 Å². The second kappa shape index (κ2) is 6.60. The molecular formula is C18H13N3O2S. The molecule has 0 unspecified atom stereocenters. The maximum atomic E-state index is 12.0. The van der Waals surface area contributed by atoms with Gasteiger partial charge in [0.15, 0.2) is 5.16 Å². The maximum absolute atomic E-state index is 12.0. The molecule has 0 radical (unpaired) electrons. The summed E-state index contributed by atoms with van der Waals surface area (Å²) >= 11 is 1.30. The second-order valence-corrected chi connectivity index (χ2v) is 5.80. The largest absolute Gasteiger partial charge is 0.507 e. The number of nitriles is 1. The van der Waals surface area contributed by atoms with Crippen molar-refractivity contribution in [2.75, 3.05) is 6.26 Å². The molecule has 118 valence electrons. The highest BCUT2D eigenvalue weighted by atomic mass is 32.2. The summed E-state index contributed by atoms with van der Waals surface area (Å²) in [5.74, 6) is 0.196. The molecule has 2 aromatic carbocycles. The van der Waals surface area contributed by atoms with E-state index in [4.69, 9.17) is 0 Å². The number of para-hydroxylation sites is 1. The molecule has 0 atom stereocenters. The van der Waals surface area contributed by atoms with Crippen molar-refractivity contribution < 1.29 is 5.11 Å². The van der Waals surface area contributed by atoms with Crippen molar-refractivity contribution in [1.29, 1.82) is 5.26 Å². The summed E-state index contributed by atoms with van der Waals surface area (Å²) in [6, 6.07) is 16.2. The molecule has 0 bridgehead atoms. The molecule has 0 fully saturated rings. The fourth-order valence-corrected chi connectivity index (χ4v) is 2.76. The molecule has 5 nitrogen and oxygen atoms in total. The number of thioether (sulfide) groups is 1. The Morgan fingerprint density at radius 3 is 2.42 bits per heavy atom. The number of hydrogen-bond donors (Lipinski definition) is 2. The number of nitrogens with zero attached hydrogens (tertiary/aromatic N) is 2. The molecule has 2 N–H and O–H groups in total. The van der Waals surface area contributed by atoms with E-state index in [1.54, 1.807) is 30.5 Å². The fraction of sp³-hybridized carbons (Fsp3) is 0.0556. The van der Waals surface area contributed by atoms with Crippen molar-refractivity contribution >= 4 is 11.8 Å². The van der Waals surface area contributed by atoms with Gasteiger partial charge in [0.25, 0.3) is 5.56 Å². The highest BCUT2D eigenvalue weighted by Gasteiger charge is 2.13. The number of nitrogens with one attached hydrogen (secondary N) is 1. The van der Waals surface area contributed by atoms with Gasteiger partial charge in [-0.05, 0) is 17.9 Å². The molecule has 1 aromatic heterocycles. The first-order chi connectivity index (χ1) is 11.6. The first-order valence-corrected chi connectivity index (χ1v) is 8.33. The number of aromatic amines is 1. The minimum Gasteiger partial charge on any atom is -0.507 e. The number of rotatable bonds is 3. The van der Waals surface area contributed by atoms with E-state index < -0.39 is 5.56 Å². The Kier molecular flexibility index (Phi) is 4.36. The maximum Gasteiger partial charge on any atom is 0.270 e. The summed E-state index contributed by atoms with van der Waals surface area (Å²) in [7, 11) is 0. The first-order valence-electron chi connectivity index (χ1n) is 7.11. The van der Waals surface area contributed by atoms with E-state index in [1.807, 2.05) is 30.3 Å². The number of aromatic hydroxyl groups is 1. The summed E-state index contributed by atoms with van der Waals surface area (Å²) in [5, 5.41) is 19.6. The molecule has 0 spiro atoms. The zero-order valence-electron chi connectivity index (χ0n) is 12.8. The molecule has 6 heteroatoms. The average molecular weight is 335 g/mol. The van der Waals surface area contributed by atoms with Gasteiger partial charge in [-0.1, -0.05) is 54.2 Å². The smallest absolute Gasteiger partial charge is 0.270 e. The van der Waals surface area contributed by atoms with Gasteiger partial charge >= 0.3 is 0 Å². The van der Waals surface area contributed by atoms with Crippen LogP contribution in [0.2, 0.25) is 0 Å². The summed E-state index contributed by atoms with van der Waals surface area (Å²) in [6.45, 7) is 0. The van der Waals surface area contributed by atoms with Crippen molar-refractivity contribution in [3.05, 3.63) is 64.4 Å². The number of benzene rings is 2. The van der Waals surface area contributed by atoms with Crippen molar-refractivity contribution in [1.82, 2.24) is 9.97 Å². The Bertz CT molecular complexity index is 988. The summed E-state index contributed by atoms with van der Waals surface area (Å²) in [5.41, 5.74) is 2.12. The molecular weight excluding hydrogens is 322 g/mol. The van der Waals surface area contributed by atoms with E-state index in [2.05, 4.69) is 9.97 Å². The zero-order chi connectivity index (χ0) is 17.1. The Balaban J connectivity index is 2.10. The van der Waals surface area contributed by atoms with Crippen LogP contribution in [0.25, 0.3) is 22.4 Å². The van der Waals surface area contributed by atoms with Gasteiger partial charge in [-0.3, -0.25) is 4.79 Å². The van der Waals surface area contributed by atoms with Crippen molar-refractivity contribution in [3.63, 3.8) is 0 Å². The normalized spacial score (nSPS) is 10.3. The van der Waals surface area contributed by atoms with Crippen molar-refractivity contribution in [3.8, 4) is 34.2 Å². The molecule has 24 heavy (non-hydrogen) atoms. The number of phenolic OH excluding ortho intramolecular Hbond substituents is 1. The van der Waals surface area contributed by atoms with Gasteiger partial charge in [0.1, 0.15) is 17.4 Å². The molecule has 3 rings (SSSR count). The predicted octanol–water partition coefficient (Wildman–Crippen LogP) is 3.40. The van der Waals surface area contributed by atoms with Crippen LogP contribution in [-0.4, -0.2) is 21.3 Å². The highest BCUT2D eigenvalue weighted by molar-refractivity contribution is 7.98. The molecule has 0 aliphatic heterocycles. The van der Waals surface area contributed by atoms with Crippen LogP contribution in [0.5, 0.6) is 5.75 Å². The SMILES string of the molecule is CSc1nc(-c2ccc(-c3ccccc3O)cc2)c(C#N)c(=O)[nH]1. The molecule has 0 aliphatic rings. The minimum atomic E-state index is -0.448. The number of H-pyrrole nitrogens is 1. The summed E-state index contributed by atoms with van der Waals surface area (Å²) in [4.78, 5) is 18.9. The number of phenols is 1. The van der Waals surface area contributed by atoms with E-state index in [0.29, 0.717) is 22.0 Å². The molecule has 0 saturated carbocycles. The van der Waals surface area contributed by atoms with E-state index in [1.165, 1.54) is 11.8 Å². The van der Waals surface area contributed by atoms with Crippen molar-refractivity contribution in [2.45, 2.75) is 5.16 Å². The van der Waals surface area contributed by atoms with Crippen LogP contribution in [-0.2, 0) is 0 Å². The summed E-state index contributed by atoms with van der Waals surface area (Å²) in [6.07, 6.45) is 1.80. The van der Waals surface area contributed by atoms with Crippen LogP contribution in [0, 0.1) is 11.3 Å². The van der Waals surface area contributed by atoms with Crippen LogP contribution < -0.4 is 5.56 Å². The number of aromatic nitrogens is 2. The van der Waals surface area contributed by atoms with Gasteiger partial charge < -0.3 is 10.1 Å². The van der Waals surface area contributed by atoms with Crippen LogP contribution in [0.3, 0.4) is 0 Å². The third-order valence-electron chi connectivity index (χ3n) is 3.58. The lowest BCUT2D eigenvalue weighted by Crippen LogP contribution is -2.14. The van der Waals surface area contributed by atoms with Crippen LogP contribution in [0.1, 0.15) is 5.56 Å². The van der Waals surface area contributed by atoms with E-state index in [0.717, 1.165) is 5.56 Å². The molecule has 3 aromatic rings.